The Kier molecular flexibility index (Phi) is 8.12. The highest BCUT2D eigenvalue weighted by atomic mass is 35.5. The SMILES string of the molecule is N=CN1CCC[C@H]1CSC=CC1=C(C(=O)O)N2C(=O)[C@@H](NC(=O)/C(=N\O)c3nc(N)sc3Cl)[C@H]2SC1. The molecule has 192 valence electrons. The predicted octanol–water partition coefficient (Wildman–Crippen LogP) is 1.61. The van der Waals surface area contributed by atoms with Gasteiger partial charge in [-0.3, -0.25) is 19.9 Å². The van der Waals surface area contributed by atoms with Crippen LogP contribution in [0.2, 0.25) is 4.34 Å². The number of β-lactam (4-membered cyclic amide) rings is 1. The first-order valence-electron chi connectivity index (χ1n) is 10.7. The van der Waals surface area contributed by atoms with Crippen LogP contribution in [0.25, 0.3) is 0 Å². The fourth-order valence-corrected chi connectivity index (χ4v) is 7.35. The highest BCUT2D eigenvalue weighted by Gasteiger charge is 2.54. The largest absolute Gasteiger partial charge is 0.477 e. The van der Waals surface area contributed by atoms with E-state index in [9.17, 15) is 24.7 Å². The summed E-state index contributed by atoms with van der Waals surface area (Å²) in [7, 11) is 0. The number of nitrogens with two attached hydrogens (primary N) is 1. The fraction of sp³-hybridized carbons (Fsp3) is 0.400. The summed E-state index contributed by atoms with van der Waals surface area (Å²) < 4.78 is 0.0490. The standard InChI is InChI=1S/C20H22ClN7O5S3/c21-15-11(25-20(23)36-15)12(26-33)16(29)24-13-17(30)28-14(19(31)32)9(6-35-18(13)28)3-5-34-7-10-2-1-4-27(10)8-22/h3,5,8,10,13,18,22,33H,1-2,4,6-7H2,(H2,23,25)(H,24,29)(H,31,32)/b5-3?,22-8?,26-12-/t10-,13+,18+/m0/s1. The number of carboxylic acids is 1. The normalized spacial score (nSPS) is 24.2. The lowest BCUT2D eigenvalue weighted by molar-refractivity contribution is -0.150. The van der Waals surface area contributed by atoms with Gasteiger partial charge in [-0.2, -0.15) is 0 Å². The van der Waals surface area contributed by atoms with Crippen molar-refractivity contribution in [2.45, 2.75) is 30.3 Å². The number of oxime groups is 1. The van der Waals surface area contributed by atoms with Crippen LogP contribution in [0, 0.1) is 5.41 Å². The molecule has 3 atom stereocenters. The van der Waals surface area contributed by atoms with Crippen LogP contribution in [-0.4, -0.2) is 90.4 Å². The zero-order valence-corrected chi connectivity index (χ0v) is 21.8. The van der Waals surface area contributed by atoms with Crippen molar-refractivity contribution in [1.29, 1.82) is 5.41 Å². The number of carboxylic acid groups (broad SMARTS) is 1. The van der Waals surface area contributed by atoms with Gasteiger partial charge in [-0.25, -0.2) is 9.78 Å². The van der Waals surface area contributed by atoms with E-state index >= 15 is 0 Å². The number of aromatic nitrogens is 1. The zero-order valence-electron chi connectivity index (χ0n) is 18.6. The van der Waals surface area contributed by atoms with Crippen molar-refractivity contribution < 1.29 is 24.7 Å². The number of carbonyl (C=O) groups is 3. The second-order valence-electron chi connectivity index (χ2n) is 7.96. The average molecular weight is 572 g/mol. The third-order valence-corrected chi connectivity index (χ3v) is 9.16. The number of likely N-dealkylation sites (tertiary alicyclic amines) is 1. The summed E-state index contributed by atoms with van der Waals surface area (Å²) in [6, 6.07) is -0.739. The van der Waals surface area contributed by atoms with E-state index < -0.39 is 34.9 Å². The Bertz CT molecular complexity index is 1190. The molecule has 2 saturated heterocycles. The molecule has 6 N–H and O–H groups in total. The number of nitrogen functional groups attached to an aromatic ring is 1. The molecule has 2 fully saturated rings. The number of thioether (sulfide) groups is 2. The highest BCUT2D eigenvalue weighted by molar-refractivity contribution is 8.02. The number of allylic oxidation sites excluding steroid dienone is 1. The van der Waals surface area contributed by atoms with Gasteiger partial charge in [0.1, 0.15) is 27.1 Å². The third-order valence-electron chi connectivity index (χ3n) is 5.87. The number of rotatable bonds is 9. The summed E-state index contributed by atoms with van der Waals surface area (Å²) >= 11 is 9.73. The summed E-state index contributed by atoms with van der Waals surface area (Å²) in [4.78, 5) is 44.6. The van der Waals surface area contributed by atoms with Crippen LogP contribution in [0.5, 0.6) is 0 Å². The predicted molar refractivity (Wildman–Crippen MR) is 140 cm³/mol. The number of carbonyl (C=O) groups excluding carboxylic acids is 2. The summed E-state index contributed by atoms with van der Waals surface area (Å²) in [6.45, 7) is 0.871. The lowest BCUT2D eigenvalue weighted by atomic mass is 10.0. The number of hydrogen-bond donors (Lipinski definition) is 5. The molecule has 0 bridgehead atoms. The number of amides is 2. The molecule has 0 aromatic carbocycles. The summed E-state index contributed by atoms with van der Waals surface area (Å²) in [5.74, 6) is -1.62. The van der Waals surface area contributed by atoms with Crippen LogP contribution in [0.1, 0.15) is 18.5 Å². The monoisotopic (exact) mass is 571 g/mol. The minimum atomic E-state index is -1.24. The molecular weight excluding hydrogens is 550 g/mol. The maximum absolute atomic E-state index is 12.9. The van der Waals surface area contributed by atoms with E-state index in [1.165, 1.54) is 29.9 Å². The second-order valence-corrected chi connectivity index (χ2v) is 11.6. The maximum atomic E-state index is 12.9. The Labute approximate surface area is 223 Å². The summed E-state index contributed by atoms with van der Waals surface area (Å²) in [5.41, 5.74) is 5.33. The topological polar surface area (TPSA) is 185 Å². The third kappa shape index (κ3) is 5.05. The minimum Gasteiger partial charge on any atom is -0.477 e. The molecule has 4 rings (SSSR count). The van der Waals surface area contributed by atoms with Gasteiger partial charge in [-0.1, -0.05) is 28.1 Å². The van der Waals surface area contributed by atoms with Crippen LogP contribution in [-0.2, 0) is 14.4 Å². The van der Waals surface area contributed by atoms with E-state index in [-0.39, 0.29) is 26.9 Å². The van der Waals surface area contributed by atoms with Crippen LogP contribution >= 0.6 is 46.5 Å². The number of aliphatic carboxylic acids is 1. The number of nitrogens with one attached hydrogen (secondary N) is 2. The highest BCUT2D eigenvalue weighted by Crippen LogP contribution is 2.41. The van der Waals surface area contributed by atoms with Crippen LogP contribution in [0.15, 0.2) is 27.9 Å². The molecule has 12 nitrogen and oxygen atoms in total. The van der Waals surface area contributed by atoms with Crippen molar-refractivity contribution in [3.63, 3.8) is 0 Å². The van der Waals surface area contributed by atoms with Gasteiger partial charge in [0.25, 0.3) is 11.8 Å². The Balaban J connectivity index is 1.43. The van der Waals surface area contributed by atoms with Gasteiger partial charge in [0, 0.05) is 24.1 Å². The van der Waals surface area contributed by atoms with Crippen LogP contribution in [0.3, 0.4) is 0 Å². The van der Waals surface area contributed by atoms with Gasteiger partial charge < -0.3 is 26.3 Å². The molecule has 3 aliphatic heterocycles. The van der Waals surface area contributed by atoms with Gasteiger partial charge in [0.15, 0.2) is 10.8 Å². The molecule has 2 amide bonds. The van der Waals surface area contributed by atoms with Crippen molar-refractivity contribution in [3.8, 4) is 0 Å². The number of anilines is 1. The van der Waals surface area contributed by atoms with Crippen molar-refractivity contribution >= 4 is 81.4 Å². The first-order chi connectivity index (χ1) is 17.3. The molecule has 3 aliphatic rings. The number of nitrogens with zero attached hydrogens (tertiary/aromatic N) is 4. The first-order valence-corrected chi connectivity index (χ1v) is 14.0. The zero-order chi connectivity index (χ0) is 26.0. The lowest BCUT2D eigenvalue weighted by Crippen LogP contribution is -2.71. The summed E-state index contributed by atoms with van der Waals surface area (Å²) in [6.07, 6.45) is 5.11. The van der Waals surface area contributed by atoms with Crippen molar-refractivity contribution in [1.82, 2.24) is 20.1 Å². The molecule has 1 aromatic rings. The minimum absolute atomic E-state index is 0.0490. The molecule has 0 unspecified atom stereocenters. The number of thiazole rings is 1. The van der Waals surface area contributed by atoms with Crippen molar-refractivity contribution in [2.75, 3.05) is 23.8 Å². The molecule has 0 spiro atoms. The van der Waals surface area contributed by atoms with E-state index in [0.29, 0.717) is 11.3 Å². The van der Waals surface area contributed by atoms with Gasteiger partial charge in [-0.15, -0.1) is 23.5 Å². The Morgan fingerprint density at radius 3 is 2.86 bits per heavy atom. The van der Waals surface area contributed by atoms with Gasteiger partial charge in [0.05, 0.1) is 6.34 Å². The van der Waals surface area contributed by atoms with Gasteiger partial charge >= 0.3 is 5.97 Å². The molecule has 16 heteroatoms. The number of halogens is 1. The first kappa shape index (κ1) is 26.3. The molecule has 36 heavy (non-hydrogen) atoms. The average Bonchev–Trinajstić information content (AvgIpc) is 3.45. The molecule has 0 radical (unpaired) electrons. The molecule has 1 aromatic heterocycles. The fourth-order valence-electron chi connectivity index (χ4n) is 4.15. The van der Waals surface area contributed by atoms with Crippen molar-refractivity contribution in [2.24, 2.45) is 5.16 Å². The Morgan fingerprint density at radius 2 is 2.22 bits per heavy atom. The molecule has 0 aliphatic carbocycles. The smallest absolute Gasteiger partial charge is 0.352 e. The quantitative estimate of drug-likeness (QED) is 0.0958. The summed E-state index contributed by atoms with van der Waals surface area (Å²) in [5, 5.41) is 33.3. The van der Waals surface area contributed by atoms with Gasteiger partial charge in [0.2, 0.25) is 0 Å². The van der Waals surface area contributed by atoms with E-state index in [0.717, 1.165) is 41.4 Å². The van der Waals surface area contributed by atoms with Crippen LogP contribution < -0.4 is 11.1 Å². The van der Waals surface area contributed by atoms with Gasteiger partial charge in [-0.05, 0) is 29.9 Å². The van der Waals surface area contributed by atoms with E-state index in [2.05, 4.69) is 15.5 Å². The number of hydrogen-bond acceptors (Lipinski definition) is 11. The molecule has 4 heterocycles. The number of fused-ring (bicyclic) bond motifs is 1. The Morgan fingerprint density at radius 1 is 1.44 bits per heavy atom. The molecule has 0 saturated carbocycles. The van der Waals surface area contributed by atoms with Crippen molar-refractivity contribution in [3.05, 3.63) is 32.8 Å². The van der Waals surface area contributed by atoms with E-state index in [4.69, 9.17) is 22.7 Å². The maximum Gasteiger partial charge on any atom is 0.352 e. The molecular formula is C20H22ClN7O5S3. The van der Waals surface area contributed by atoms with E-state index in [1.807, 2.05) is 10.3 Å². The lowest BCUT2D eigenvalue weighted by Gasteiger charge is -2.49. The Hall–Kier alpha value is -2.75. The second kappa shape index (κ2) is 11.1. The van der Waals surface area contributed by atoms with E-state index in [1.54, 1.807) is 6.08 Å². The van der Waals surface area contributed by atoms with Crippen LogP contribution in [0.4, 0.5) is 5.13 Å².